The summed E-state index contributed by atoms with van der Waals surface area (Å²) in [6, 6.07) is 3.57. The van der Waals surface area contributed by atoms with Crippen LogP contribution in [0.3, 0.4) is 0 Å². The van der Waals surface area contributed by atoms with Gasteiger partial charge in [-0.05, 0) is 57.8 Å². The fraction of sp³-hybridized carbons (Fsp3) is 0.417. The molecule has 0 saturated carbocycles. The van der Waals surface area contributed by atoms with Crippen molar-refractivity contribution in [3.8, 4) is 0 Å². The monoisotopic (exact) mass is 375 g/mol. The molecule has 0 amide bonds. The average molecular weight is 377 g/mol. The molecule has 2 aromatic rings. The minimum Gasteiger partial charge on any atom is -0.453 e. The lowest BCUT2D eigenvalue weighted by Crippen LogP contribution is -2.15. The van der Waals surface area contributed by atoms with Crippen LogP contribution < -0.4 is 5.73 Å². The molecule has 98 valence electrons. The summed E-state index contributed by atoms with van der Waals surface area (Å²) >= 11 is 6.85. The Morgan fingerprint density at radius 2 is 2.17 bits per heavy atom. The van der Waals surface area contributed by atoms with E-state index in [0.717, 1.165) is 28.2 Å². The lowest BCUT2D eigenvalue weighted by molar-refractivity contribution is 0.441. The fourth-order valence-corrected chi connectivity index (χ4v) is 2.67. The van der Waals surface area contributed by atoms with E-state index in [-0.39, 0.29) is 6.04 Å². The first-order chi connectivity index (χ1) is 8.52. The largest absolute Gasteiger partial charge is 0.453 e. The standard InChI is InChI=1S/C12H15Br2N3O/c1-3-17-9(12(14)7(2)16-17)6-8(15)10-4-5-11(13)18-10/h4-5,8H,3,6,15H2,1-2H3. The van der Waals surface area contributed by atoms with Crippen LogP contribution in [0.25, 0.3) is 0 Å². The predicted octanol–water partition coefficient (Wildman–Crippen LogP) is 3.57. The van der Waals surface area contributed by atoms with Gasteiger partial charge in [0.2, 0.25) is 0 Å². The fourth-order valence-electron chi connectivity index (χ4n) is 1.90. The Kier molecular flexibility index (Phi) is 4.29. The van der Waals surface area contributed by atoms with Crippen molar-refractivity contribution in [1.29, 1.82) is 0 Å². The van der Waals surface area contributed by atoms with Gasteiger partial charge in [-0.2, -0.15) is 5.10 Å². The molecule has 4 nitrogen and oxygen atoms in total. The van der Waals surface area contributed by atoms with Gasteiger partial charge in [-0.1, -0.05) is 0 Å². The molecule has 6 heteroatoms. The summed E-state index contributed by atoms with van der Waals surface area (Å²) in [7, 11) is 0. The second-order valence-electron chi connectivity index (χ2n) is 4.11. The van der Waals surface area contributed by atoms with Gasteiger partial charge in [0.25, 0.3) is 0 Å². The molecule has 18 heavy (non-hydrogen) atoms. The maximum atomic E-state index is 6.17. The minimum atomic E-state index is -0.172. The van der Waals surface area contributed by atoms with Crippen molar-refractivity contribution in [2.24, 2.45) is 5.73 Å². The zero-order chi connectivity index (χ0) is 13.3. The van der Waals surface area contributed by atoms with Gasteiger partial charge in [0.05, 0.1) is 21.9 Å². The van der Waals surface area contributed by atoms with Gasteiger partial charge >= 0.3 is 0 Å². The Morgan fingerprint density at radius 1 is 1.44 bits per heavy atom. The molecular formula is C12H15Br2N3O. The first-order valence-corrected chi connectivity index (χ1v) is 7.34. The molecule has 2 heterocycles. The Labute approximate surface area is 123 Å². The second-order valence-corrected chi connectivity index (χ2v) is 5.69. The highest BCUT2D eigenvalue weighted by atomic mass is 79.9. The molecule has 0 aromatic carbocycles. The average Bonchev–Trinajstić information content (AvgIpc) is 2.88. The number of furan rings is 1. The number of aromatic nitrogens is 2. The van der Waals surface area contributed by atoms with Crippen molar-refractivity contribution in [2.45, 2.75) is 32.9 Å². The van der Waals surface area contributed by atoms with Crippen molar-refractivity contribution >= 4 is 31.9 Å². The Hall–Kier alpha value is -0.590. The number of nitrogens with zero attached hydrogens (tertiary/aromatic N) is 2. The number of nitrogens with two attached hydrogens (primary N) is 1. The molecule has 0 radical (unpaired) electrons. The second kappa shape index (κ2) is 5.59. The zero-order valence-corrected chi connectivity index (χ0v) is 13.5. The first kappa shape index (κ1) is 13.8. The maximum Gasteiger partial charge on any atom is 0.169 e. The molecule has 0 aliphatic carbocycles. The van der Waals surface area contributed by atoms with Crippen LogP contribution in [0.1, 0.15) is 30.1 Å². The Bertz CT molecular complexity index is 548. The summed E-state index contributed by atoms with van der Waals surface area (Å²) < 4.78 is 9.19. The van der Waals surface area contributed by atoms with Gasteiger partial charge in [0, 0.05) is 13.0 Å². The van der Waals surface area contributed by atoms with E-state index in [4.69, 9.17) is 10.2 Å². The molecule has 0 aliphatic heterocycles. The molecule has 0 aliphatic rings. The normalized spacial score (nSPS) is 12.9. The summed E-state index contributed by atoms with van der Waals surface area (Å²) in [6.45, 7) is 4.88. The molecule has 0 bridgehead atoms. The number of halogens is 2. The number of hydrogen-bond donors (Lipinski definition) is 1. The lowest BCUT2D eigenvalue weighted by atomic mass is 10.1. The van der Waals surface area contributed by atoms with E-state index >= 15 is 0 Å². The van der Waals surface area contributed by atoms with E-state index in [0.29, 0.717) is 11.1 Å². The number of hydrogen-bond acceptors (Lipinski definition) is 3. The van der Waals surface area contributed by atoms with Gasteiger partial charge in [-0.25, -0.2) is 0 Å². The highest BCUT2D eigenvalue weighted by Crippen LogP contribution is 2.27. The molecule has 2 aromatic heterocycles. The van der Waals surface area contributed by atoms with E-state index in [2.05, 4.69) is 43.9 Å². The number of aryl methyl sites for hydroxylation is 2. The van der Waals surface area contributed by atoms with Crippen molar-refractivity contribution in [3.63, 3.8) is 0 Å². The van der Waals surface area contributed by atoms with Crippen LogP contribution in [0.15, 0.2) is 25.7 Å². The molecule has 0 fully saturated rings. The van der Waals surface area contributed by atoms with Crippen molar-refractivity contribution in [2.75, 3.05) is 0 Å². The molecule has 0 spiro atoms. The van der Waals surface area contributed by atoms with E-state index in [9.17, 15) is 0 Å². The quantitative estimate of drug-likeness (QED) is 0.887. The smallest absolute Gasteiger partial charge is 0.169 e. The highest BCUT2D eigenvalue weighted by Gasteiger charge is 2.18. The van der Waals surface area contributed by atoms with Crippen LogP contribution >= 0.6 is 31.9 Å². The molecular weight excluding hydrogens is 362 g/mol. The van der Waals surface area contributed by atoms with E-state index in [1.165, 1.54) is 0 Å². The zero-order valence-electron chi connectivity index (χ0n) is 10.3. The van der Waals surface area contributed by atoms with Crippen LogP contribution in [-0.2, 0) is 13.0 Å². The summed E-state index contributed by atoms with van der Waals surface area (Å²) in [5.41, 5.74) is 8.26. The summed E-state index contributed by atoms with van der Waals surface area (Å²) in [5.74, 6) is 0.773. The molecule has 2 N–H and O–H groups in total. The third-order valence-corrected chi connectivity index (χ3v) is 4.28. The van der Waals surface area contributed by atoms with E-state index < -0.39 is 0 Å². The van der Waals surface area contributed by atoms with E-state index in [1.807, 2.05) is 23.7 Å². The predicted molar refractivity (Wildman–Crippen MR) is 77.4 cm³/mol. The van der Waals surface area contributed by atoms with Crippen molar-refractivity contribution in [3.05, 3.63) is 38.4 Å². The van der Waals surface area contributed by atoms with Crippen LogP contribution in [0.2, 0.25) is 0 Å². The Morgan fingerprint density at radius 3 is 2.72 bits per heavy atom. The topological polar surface area (TPSA) is 57.0 Å². The summed E-state index contributed by atoms with van der Waals surface area (Å²) in [4.78, 5) is 0. The van der Waals surface area contributed by atoms with Crippen LogP contribution in [0.4, 0.5) is 0 Å². The molecule has 0 saturated heterocycles. The van der Waals surface area contributed by atoms with Crippen LogP contribution in [0.5, 0.6) is 0 Å². The van der Waals surface area contributed by atoms with Gasteiger partial charge in [-0.3, -0.25) is 4.68 Å². The number of rotatable bonds is 4. The van der Waals surface area contributed by atoms with Crippen molar-refractivity contribution in [1.82, 2.24) is 9.78 Å². The van der Waals surface area contributed by atoms with Crippen LogP contribution in [-0.4, -0.2) is 9.78 Å². The molecule has 2 rings (SSSR count). The maximum absolute atomic E-state index is 6.17. The third kappa shape index (κ3) is 2.70. The minimum absolute atomic E-state index is 0.172. The highest BCUT2D eigenvalue weighted by molar-refractivity contribution is 9.10. The first-order valence-electron chi connectivity index (χ1n) is 5.75. The van der Waals surface area contributed by atoms with E-state index in [1.54, 1.807) is 0 Å². The van der Waals surface area contributed by atoms with Gasteiger partial charge in [-0.15, -0.1) is 0 Å². The molecule has 1 unspecified atom stereocenters. The summed E-state index contributed by atoms with van der Waals surface area (Å²) in [5, 5.41) is 4.45. The lowest BCUT2D eigenvalue weighted by Gasteiger charge is -2.10. The van der Waals surface area contributed by atoms with Crippen molar-refractivity contribution < 1.29 is 4.42 Å². The third-order valence-electron chi connectivity index (χ3n) is 2.83. The Balaban J connectivity index is 2.23. The SMILES string of the molecule is CCn1nc(C)c(Br)c1CC(N)c1ccc(Br)o1. The summed E-state index contributed by atoms with van der Waals surface area (Å²) in [6.07, 6.45) is 0.690. The molecule has 1 atom stereocenters. The van der Waals surface area contributed by atoms with Gasteiger partial charge in [0.15, 0.2) is 4.67 Å². The van der Waals surface area contributed by atoms with Gasteiger partial charge < -0.3 is 10.2 Å². The van der Waals surface area contributed by atoms with Gasteiger partial charge in [0.1, 0.15) is 5.76 Å². The van der Waals surface area contributed by atoms with Crippen LogP contribution in [0, 0.1) is 6.92 Å².